The highest BCUT2D eigenvalue weighted by Crippen LogP contribution is 2.26. The Bertz CT molecular complexity index is 1000. The molecule has 0 aliphatic carbocycles. The number of hydrogen-bond donors (Lipinski definition) is 2. The zero-order chi connectivity index (χ0) is 20.1. The Morgan fingerprint density at radius 3 is 2.68 bits per heavy atom. The lowest BCUT2D eigenvalue weighted by Crippen LogP contribution is -2.33. The number of furan rings is 1. The molecular weight excluding hydrogens is 394 g/mol. The van der Waals surface area contributed by atoms with Crippen LogP contribution in [0.25, 0.3) is 11.5 Å². The van der Waals surface area contributed by atoms with Crippen molar-refractivity contribution in [2.24, 2.45) is 0 Å². The third kappa shape index (κ3) is 4.94. The molecule has 0 saturated carbocycles. The summed E-state index contributed by atoms with van der Waals surface area (Å²) in [5.74, 6) is -2.27. The van der Waals surface area contributed by atoms with Gasteiger partial charge in [0.2, 0.25) is 11.8 Å². The van der Waals surface area contributed by atoms with Crippen LogP contribution in [0.2, 0.25) is 0 Å². The van der Waals surface area contributed by atoms with Crippen LogP contribution in [0.1, 0.15) is 5.76 Å². The number of benzene rings is 1. The minimum atomic E-state index is -1.08. The van der Waals surface area contributed by atoms with E-state index in [9.17, 15) is 18.4 Å². The molecule has 1 aromatic carbocycles. The summed E-state index contributed by atoms with van der Waals surface area (Å²) in [5.41, 5.74) is 0.748. The highest BCUT2D eigenvalue weighted by atomic mass is 32.2. The first-order valence-electron chi connectivity index (χ1n) is 7.95. The Morgan fingerprint density at radius 2 is 1.96 bits per heavy atom. The van der Waals surface area contributed by atoms with Crippen molar-refractivity contribution >= 4 is 29.3 Å². The Labute approximate surface area is 161 Å². The molecule has 3 aromatic rings. The van der Waals surface area contributed by atoms with Crippen molar-refractivity contribution in [3.05, 3.63) is 47.9 Å². The zero-order valence-electron chi connectivity index (χ0n) is 14.5. The van der Waals surface area contributed by atoms with Crippen LogP contribution in [0, 0.1) is 18.6 Å². The summed E-state index contributed by atoms with van der Waals surface area (Å²) in [6.45, 7) is 1.42. The first-order valence-corrected chi connectivity index (χ1v) is 8.93. The lowest BCUT2D eigenvalue weighted by Gasteiger charge is -2.06. The lowest BCUT2D eigenvalue weighted by atomic mass is 10.3. The van der Waals surface area contributed by atoms with Gasteiger partial charge in [-0.25, -0.2) is 8.78 Å². The number of thioether (sulfide) groups is 1. The van der Waals surface area contributed by atoms with Crippen molar-refractivity contribution in [2.45, 2.75) is 12.1 Å². The van der Waals surface area contributed by atoms with Crippen LogP contribution >= 0.6 is 11.8 Å². The highest BCUT2D eigenvalue weighted by Gasteiger charge is 2.15. The predicted molar refractivity (Wildman–Crippen MR) is 95.5 cm³/mol. The van der Waals surface area contributed by atoms with Gasteiger partial charge in [0.05, 0.1) is 24.1 Å². The molecule has 2 heterocycles. The molecule has 0 aliphatic rings. The number of rotatable bonds is 7. The minimum Gasteiger partial charge on any atom is -0.469 e. The predicted octanol–water partition coefficient (Wildman–Crippen LogP) is 2.76. The van der Waals surface area contributed by atoms with Gasteiger partial charge in [-0.15, -0.1) is 10.2 Å². The minimum absolute atomic E-state index is 0.0511. The molecule has 0 aliphatic heterocycles. The molecule has 0 spiro atoms. The van der Waals surface area contributed by atoms with E-state index in [4.69, 9.17) is 8.83 Å². The number of halogens is 2. The van der Waals surface area contributed by atoms with Gasteiger partial charge in [0.1, 0.15) is 5.76 Å². The molecule has 11 heteroatoms. The summed E-state index contributed by atoms with van der Waals surface area (Å²) >= 11 is 1.01. The van der Waals surface area contributed by atoms with Crippen LogP contribution in [-0.2, 0) is 9.59 Å². The van der Waals surface area contributed by atoms with Gasteiger partial charge >= 0.3 is 0 Å². The fraction of sp³-hybridized carbons (Fsp3) is 0.176. The summed E-state index contributed by atoms with van der Waals surface area (Å²) in [6, 6.07) is 4.64. The first kappa shape index (κ1) is 19.5. The van der Waals surface area contributed by atoms with Gasteiger partial charge in [-0.3, -0.25) is 9.59 Å². The smallest absolute Gasteiger partial charge is 0.277 e. The van der Waals surface area contributed by atoms with Gasteiger partial charge in [0, 0.05) is 11.8 Å². The van der Waals surface area contributed by atoms with Crippen molar-refractivity contribution in [1.82, 2.24) is 15.5 Å². The van der Waals surface area contributed by atoms with Crippen molar-refractivity contribution in [1.29, 1.82) is 0 Å². The number of nitrogens with zero attached hydrogens (tertiary/aromatic N) is 2. The second kappa shape index (κ2) is 8.65. The van der Waals surface area contributed by atoms with E-state index in [1.54, 1.807) is 13.0 Å². The SMILES string of the molecule is Cc1occc1-c1nnc(SCC(=O)NCC(=O)Nc2ccc(F)c(F)c2)o1. The molecule has 2 amide bonds. The first-order chi connectivity index (χ1) is 13.4. The molecule has 0 bridgehead atoms. The molecular formula is C17H14F2N4O4S. The van der Waals surface area contributed by atoms with Crippen LogP contribution in [-0.4, -0.2) is 34.3 Å². The number of amides is 2. The van der Waals surface area contributed by atoms with Crippen molar-refractivity contribution < 1.29 is 27.2 Å². The molecule has 3 rings (SSSR count). The lowest BCUT2D eigenvalue weighted by molar-refractivity contribution is -0.122. The summed E-state index contributed by atoms with van der Waals surface area (Å²) < 4.78 is 36.5. The number of aromatic nitrogens is 2. The molecule has 0 atom stereocenters. The molecule has 2 N–H and O–H groups in total. The molecule has 8 nitrogen and oxygen atoms in total. The van der Waals surface area contributed by atoms with Gasteiger partial charge < -0.3 is 19.5 Å². The summed E-state index contributed by atoms with van der Waals surface area (Å²) in [7, 11) is 0. The Morgan fingerprint density at radius 1 is 1.14 bits per heavy atom. The Hall–Kier alpha value is -3.21. The fourth-order valence-corrected chi connectivity index (χ4v) is 2.71. The van der Waals surface area contributed by atoms with Gasteiger partial charge in [-0.1, -0.05) is 11.8 Å². The van der Waals surface area contributed by atoms with E-state index in [1.807, 2.05) is 0 Å². The number of carbonyl (C=O) groups excluding carboxylic acids is 2. The van der Waals surface area contributed by atoms with Crippen LogP contribution in [0.4, 0.5) is 14.5 Å². The van der Waals surface area contributed by atoms with E-state index in [1.165, 1.54) is 12.3 Å². The van der Waals surface area contributed by atoms with Crippen molar-refractivity contribution in [3.8, 4) is 11.5 Å². The van der Waals surface area contributed by atoms with Crippen LogP contribution in [0.5, 0.6) is 0 Å². The zero-order valence-corrected chi connectivity index (χ0v) is 15.3. The third-order valence-electron chi connectivity index (χ3n) is 3.47. The molecule has 0 radical (unpaired) electrons. The average Bonchev–Trinajstić information content (AvgIpc) is 3.30. The number of anilines is 1. The Balaban J connectivity index is 1.43. The molecule has 28 heavy (non-hydrogen) atoms. The number of carbonyl (C=O) groups is 2. The monoisotopic (exact) mass is 408 g/mol. The maximum Gasteiger partial charge on any atom is 0.277 e. The molecule has 0 unspecified atom stereocenters. The standard InChI is InChI=1S/C17H14F2N4O4S/c1-9-11(4-5-26-9)16-22-23-17(27-16)28-8-15(25)20-7-14(24)21-10-2-3-12(18)13(19)6-10/h2-6H,7-8H2,1H3,(H,20,25)(H,21,24). The topological polar surface area (TPSA) is 110 Å². The maximum absolute atomic E-state index is 13.1. The van der Waals surface area contributed by atoms with Crippen molar-refractivity contribution in [2.75, 3.05) is 17.6 Å². The number of aryl methyl sites for hydroxylation is 1. The van der Waals surface area contributed by atoms with Crippen molar-refractivity contribution in [3.63, 3.8) is 0 Å². The van der Waals surface area contributed by atoms with Gasteiger partial charge in [-0.2, -0.15) is 0 Å². The van der Waals surface area contributed by atoms with Gasteiger partial charge in [0.25, 0.3) is 11.1 Å². The second-order valence-electron chi connectivity index (χ2n) is 5.51. The van der Waals surface area contributed by atoms with Gasteiger partial charge in [0.15, 0.2) is 11.6 Å². The Kier molecular flexibility index (Phi) is 6.04. The number of hydrogen-bond acceptors (Lipinski definition) is 7. The largest absolute Gasteiger partial charge is 0.469 e. The van der Waals surface area contributed by atoms with E-state index >= 15 is 0 Å². The summed E-state index contributed by atoms with van der Waals surface area (Å²) in [5, 5.41) is 12.6. The van der Waals surface area contributed by atoms with E-state index in [0.29, 0.717) is 11.3 Å². The van der Waals surface area contributed by atoms with E-state index in [-0.39, 0.29) is 29.1 Å². The normalized spacial score (nSPS) is 10.7. The molecule has 0 fully saturated rings. The van der Waals surface area contributed by atoms with E-state index < -0.39 is 23.4 Å². The van der Waals surface area contributed by atoms with Crippen LogP contribution in [0.3, 0.4) is 0 Å². The number of nitrogens with one attached hydrogen (secondary N) is 2. The van der Waals surface area contributed by atoms with Crippen LogP contribution < -0.4 is 10.6 Å². The maximum atomic E-state index is 13.1. The van der Waals surface area contributed by atoms with Crippen LogP contribution in [0.15, 0.2) is 44.6 Å². The highest BCUT2D eigenvalue weighted by molar-refractivity contribution is 7.99. The summed E-state index contributed by atoms with van der Waals surface area (Å²) in [4.78, 5) is 23.6. The summed E-state index contributed by atoms with van der Waals surface area (Å²) in [6.07, 6.45) is 1.50. The quantitative estimate of drug-likeness (QED) is 0.579. The molecule has 2 aromatic heterocycles. The van der Waals surface area contributed by atoms with E-state index in [0.717, 1.165) is 23.9 Å². The molecule has 146 valence electrons. The average molecular weight is 408 g/mol. The van der Waals surface area contributed by atoms with E-state index in [2.05, 4.69) is 20.8 Å². The fourth-order valence-electron chi connectivity index (χ4n) is 2.12. The second-order valence-corrected chi connectivity index (χ2v) is 6.43. The van der Waals surface area contributed by atoms with Gasteiger partial charge in [-0.05, 0) is 25.1 Å². The third-order valence-corrected chi connectivity index (χ3v) is 4.29. The molecule has 0 saturated heterocycles.